The molecule has 0 aromatic heterocycles. The lowest BCUT2D eigenvalue weighted by atomic mass is 9.69. The largest absolute Gasteiger partial charge is 0.386 e. The molecule has 2 saturated heterocycles. The Bertz CT molecular complexity index is 393. The normalized spacial score (nSPS) is 38.6. The lowest BCUT2D eigenvalue weighted by Crippen LogP contribution is -2.68. The van der Waals surface area contributed by atoms with Gasteiger partial charge in [0, 0.05) is 13.1 Å². The molecule has 1 atom stereocenters. The van der Waals surface area contributed by atoms with Crippen LogP contribution >= 0.6 is 0 Å². The van der Waals surface area contributed by atoms with Crippen LogP contribution in [0, 0.1) is 16.7 Å². The van der Waals surface area contributed by atoms with Crippen LogP contribution in [0.2, 0.25) is 0 Å². The van der Waals surface area contributed by atoms with Gasteiger partial charge in [0.25, 0.3) is 0 Å². The van der Waals surface area contributed by atoms with Crippen molar-refractivity contribution in [1.29, 1.82) is 5.26 Å². The fourth-order valence-corrected chi connectivity index (χ4v) is 4.14. The number of aliphatic hydroxyl groups is 1. The van der Waals surface area contributed by atoms with Crippen molar-refractivity contribution in [3.63, 3.8) is 0 Å². The van der Waals surface area contributed by atoms with E-state index >= 15 is 0 Å². The Hall–Kier alpha value is -0.640. The van der Waals surface area contributed by atoms with E-state index in [-0.39, 0.29) is 17.9 Å². The van der Waals surface area contributed by atoms with Crippen LogP contribution in [0.15, 0.2) is 0 Å². The summed E-state index contributed by atoms with van der Waals surface area (Å²) < 4.78 is 22.6. The van der Waals surface area contributed by atoms with Crippen molar-refractivity contribution in [1.82, 2.24) is 5.32 Å². The number of nitrogens with one attached hydrogen (secondary N) is 1. The van der Waals surface area contributed by atoms with E-state index in [0.29, 0.717) is 13.1 Å². The summed E-state index contributed by atoms with van der Waals surface area (Å²) in [5.74, 6) is -0.183. The van der Waals surface area contributed by atoms with Gasteiger partial charge < -0.3 is 10.4 Å². The second-order valence-corrected chi connectivity index (χ2v) is 6.36. The first-order valence-corrected chi connectivity index (χ1v) is 6.30. The smallest absolute Gasteiger partial charge is 0.152 e. The first-order valence-electron chi connectivity index (χ1n) is 4.48. The van der Waals surface area contributed by atoms with Crippen LogP contribution in [0.25, 0.3) is 0 Å². The molecule has 0 spiro atoms. The van der Waals surface area contributed by atoms with Crippen molar-refractivity contribution < 1.29 is 13.5 Å². The molecule has 2 fully saturated rings. The average molecular weight is 216 g/mol. The standard InChI is InChI=1S/C8H12N2O3S/c9-3-7(8(11)4-10-5-8)1-2-14(12,13)6-7/h10-11H,1-2,4-6H2. The molecule has 5 nitrogen and oxygen atoms in total. The Balaban J connectivity index is 2.34. The second kappa shape index (κ2) is 2.69. The number of hydrogen-bond acceptors (Lipinski definition) is 5. The summed E-state index contributed by atoms with van der Waals surface area (Å²) in [4.78, 5) is 0. The van der Waals surface area contributed by atoms with Crippen LogP contribution in [0.4, 0.5) is 0 Å². The number of sulfone groups is 1. The number of rotatable bonds is 1. The van der Waals surface area contributed by atoms with Crippen molar-refractivity contribution in [3.05, 3.63) is 0 Å². The minimum absolute atomic E-state index is 0.0167. The molecule has 0 radical (unpaired) electrons. The second-order valence-electron chi connectivity index (χ2n) is 4.17. The van der Waals surface area contributed by atoms with Crippen LogP contribution in [0.3, 0.4) is 0 Å². The van der Waals surface area contributed by atoms with E-state index < -0.39 is 20.9 Å². The molecule has 14 heavy (non-hydrogen) atoms. The number of nitrogens with zero attached hydrogens (tertiary/aromatic N) is 1. The maximum absolute atomic E-state index is 11.3. The van der Waals surface area contributed by atoms with E-state index in [1.54, 1.807) is 0 Å². The van der Waals surface area contributed by atoms with Gasteiger partial charge in [0.05, 0.1) is 17.6 Å². The lowest BCUT2D eigenvalue weighted by molar-refractivity contribution is -0.0836. The molecule has 2 rings (SSSR count). The number of hydrogen-bond donors (Lipinski definition) is 2. The molecule has 2 aliphatic heterocycles. The summed E-state index contributed by atoms with van der Waals surface area (Å²) in [6, 6.07) is 2.01. The molecule has 0 aromatic carbocycles. The van der Waals surface area contributed by atoms with E-state index in [9.17, 15) is 13.5 Å². The van der Waals surface area contributed by atoms with Crippen molar-refractivity contribution in [2.24, 2.45) is 5.41 Å². The van der Waals surface area contributed by atoms with Gasteiger partial charge in [0.1, 0.15) is 11.0 Å². The first-order chi connectivity index (χ1) is 6.43. The van der Waals surface area contributed by atoms with Gasteiger partial charge in [0.2, 0.25) is 0 Å². The molecule has 0 amide bonds. The summed E-state index contributed by atoms with van der Waals surface area (Å²) in [5, 5.41) is 22.0. The van der Waals surface area contributed by atoms with E-state index in [1.165, 1.54) is 0 Å². The third-order valence-electron chi connectivity index (χ3n) is 3.25. The molecule has 0 saturated carbocycles. The van der Waals surface area contributed by atoms with Gasteiger partial charge in [0.15, 0.2) is 9.84 Å². The average Bonchev–Trinajstić information content (AvgIpc) is 2.39. The molecule has 2 N–H and O–H groups in total. The van der Waals surface area contributed by atoms with E-state index in [1.807, 2.05) is 6.07 Å². The first kappa shape index (κ1) is 9.90. The highest BCUT2D eigenvalue weighted by Gasteiger charge is 2.59. The fourth-order valence-electron chi connectivity index (χ4n) is 2.11. The molecule has 1 unspecified atom stereocenters. The molecule has 0 bridgehead atoms. The summed E-state index contributed by atoms with van der Waals surface area (Å²) in [7, 11) is -3.14. The predicted molar refractivity (Wildman–Crippen MR) is 49.1 cm³/mol. The van der Waals surface area contributed by atoms with Crippen LogP contribution in [0.5, 0.6) is 0 Å². The Labute approximate surface area is 82.6 Å². The molecule has 2 aliphatic rings. The van der Waals surface area contributed by atoms with Crippen LogP contribution < -0.4 is 5.32 Å². The third-order valence-corrected chi connectivity index (χ3v) is 5.00. The minimum atomic E-state index is -3.14. The molecule has 2 heterocycles. The maximum atomic E-state index is 11.3. The SMILES string of the molecule is N#CC1(C2(O)CNC2)CCS(=O)(=O)C1. The van der Waals surface area contributed by atoms with Crippen molar-refractivity contribution in [2.45, 2.75) is 12.0 Å². The fraction of sp³-hybridized carbons (Fsp3) is 0.875. The van der Waals surface area contributed by atoms with Gasteiger partial charge >= 0.3 is 0 Å². The van der Waals surface area contributed by atoms with E-state index in [4.69, 9.17) is 5.26 Å². The zero-order valence-electron chi connectivity index (χ0n) is 7.65. The summed E-state index contributed by atoms with van der Waals surface area (Å²) in [5.41, 5.74) is -2.23. The third kappa shape index (κ3) is 1.16. The van der Waals surface area contributed by atoms with Gasteiger partial charge in [-0.3, -0.25) is 0 Å². The highest BCUT2D eigenvalue weighted by molar-refractivity contribution is 7.91. The monoisotopic (exact) mass is 216 g/mol. The summed E-state index contributed by atoms with van der Waals surface area (Å²) >= 11 is 0. The van der Waals surface area contributed by atoms with Gasteiger partial charge in [-0.25, -0.2) is 8.42 Å². The van der Waals surface area contributed by atoms with Crippen molar-refractivity contribution in [2.75, 3.05) is 24.6 Å². The van der Waals surface area contributed by atoms with Gasteiger partial charge in [-0.05, 0) is 6.42 Å². The Morgan fingerprint density at radius 3 is 2.36 bits per heavy atom. The molecule has 78 valence electrons. The molecular formula is C8H12N2O3S. The minimum Gasteiger partial charge on any atom is -0.386 e. The van der Waals surface area contributed by atoms with Gasteiger partial charge in [-0.2, -0.15) is 5.26 Å². The number of β-amino-alcohol motifs (C(OH)–C–C–N with tert-alkyl or cyclic N) is 1. The molecule has 0 aliphatic carbocycles. The topological polar surface area (TPSA) is 90.2 Å². The lowest BCUT2D eigenvalue weighted by Gasteiger charge is -2.46. The van der Waals surface area contributed by atoms with Crippen LogP contribution in [0.1, 0.15) is 6.42 Å². The number of nitriles is 1. The van der Waals surface area contributed by atoms with E-state index in [2.05, 4.69) is 5.32 Å². The quantitative estimate of drug-likeness (QED) is 0.565. The molecule has 0 aromatic rings. The van der Waals surface area contributed by atoms with Gasteiger partial charge in [-0.15, -0.1) is 0 Å². The van der Waals surface area contributed by atoms with Crippen molar-refractivity contribution in [3.8, 4) is 6.07 Å². The Kier molecular flexibility index (Phi) is 1.90. The van der Waals surface area contributed by atoms with Crippen LogP contribution in [-0.4, -0.2) is 43.7 Å². The predicted octanol–water partition coefficient (Wildman–Crippen LogP) is -1.35. The van der Waals surface area contributed by atoms with Crippen LogP contribution in [-0.2, 0) is 9.84 Å². The van der Waals surface area contributed by atoms with Gasteiger partial charge in [-0.1, -0.05) is 0 Å². The zero-order valence-corrected chi connectivity index (χ0v) is 8.47. The Morgan fingerprint density at radius 1 is 1.43 bits per heavy atom. The highest BCUT2D eigenvalue weighted by Crippen LogP contribution is 2.43. The summed E-state index contributed by atoms with van der Waals surface area (Å²) in [6.45, 7) is 0.631. The van der Waals surface area contributed by atoms with E-state index in [0.717, 1.165) is 0 Å². The molecule has 6 heteroatoms. The summed E-state index contributed by atoms with van der Waals surface area (Å²) in [6.07, 6.45) is 0.254. The molecular weight excluding hydrogens is 204 g/mol. The zero-order chi connectivity index (χ0) is 10.4. The maximum Gasteiger partial charge on any atom is 0.152 e. The van der Waals surface area contributed by atoms with Crippen molar-refractivity contribution >= 4 is 9.84 Å². The Morgan fingerprint density at radius 2 is 2.07 bits per heavy atom. The highest BCUT2D eigenvalue weighted by atomic mass is 32.2.